The van der Waals surface area contributed by atoms with E-state index in [1.54, 1.807) is 31.2 Å². The molecular weight excluding hydrogens is 391 g/mol. The molecule has 144 valence electrons. The quantitative estimate of drug-likeness (QED) is 0.622. The van der Waals surface area contributed by atoms with Crippen LogP contribution in [0, 0.1) is 6.92 Å². The smallest absolute Gasteiger partial charge is 0.322 e. The van der Waals surface area contributed by atoms with Crippen LogP contribution in [0.4, 0.5) is 18.9 Å². The Morgan fingerprint density at radius 1 is 1.11 bits per heavy atom. The summed E-state index contributed by atoms with van der Waals surface area (Å²) in [7, 11) is 0. The number of aromatic nitrogens is 2. The highest BCUT2D eigenvalue weighted by Crippen LogP contribution is 2.36. The summed E-state index contributed by atoms with van der Waals surface area (Å²) in [6, 6.07) is 13.2. The van der Waals surface area contributed by atoms with Crippen molar-refractivity contribution >= 4 is 23.4 Å². The standard InChI is InChI=1S/C19H14F3N3O2S/c1-11-9-16(26)25-17(23-11)13-3-2-4-14(10-13)24-18(27)12-5-7-15(8-6-12)28-19(20,21)22/h2-10H,1H3,(H,24,27)(H,23,25,26). The van der Waals surface area contributed by atoms with Gasteiger partial charge in [0.15, 0.2) is 0 Å². The molecular formula is C19H14F3N3O2S. The van der Waals surface area contributed by atoms with Crippen molar-refractivity contribution in [1.29, 1.82) is 0 Å². The summed E-state index contributed by atoms with van der Waals surface area (Å²) in [5.74, 6) is -0.0963. The second kappa shape index (κ2) is 7.89. The van der Waals surface area contributed by atoms with E-state index >= 15 is 0 Å². The molecule has 0 saturated heterocycles. The highest BCUT2D eigenvalue weighted by Gasteiger charge is 2.29. The Morgan fingerprint density at radius 3 is 2.46 bits per heavy atom. The number of amides is 1. The molecule has 1 heterocycles. The van der Waals surface area contributed by atoms with Crippen molar-refractivity contribution in [3.63, 3.8) is 0 Å². The van der Waals surface area contributed by atoms with Crippen LogP contribution in [0.5, 0.6) is 0 Å². The van der Waals surface area contributed by atoms with E-state index in [2.05, 4.69) is 15.3 Å². The summed E-state index contributed by atoms with van der Waals surface area (Å²) >= 11 is -0.241. The van der Waals surface area contributed by atoms with E-state index in [1.807, 2.05) is 0 Å². The van der Waals surface area contributed by atoms with Crippen molar-refractivity contribution in [2.24, 2.45) is 0 Å². The van der Waals surface area contributed by atoms with Gasteiger partial charge < -0.3 is 10.3 Å². The number of rotatable bonds is 4. The normalized spacial score (nSPS) is 11.3. The zero-order valence-corrected chi connectivity index (χ0v) is 15.3. The number of thioether (sulfide) groups is 1. The zero-order chi connectivity index (χ0) is 20.3. The van der Waals surface area contributed by atoms with Crippen molar-refractivity contribution in [3.05, 3.63) is 76.2 Å². The number of hydrogen-bond acceptors (Lipinski definition) is 4. The number of halogens is 3. The molecule has 0 atom stereocenters. The van der Waals surface area contributed by atoms with Gasteiger partial charge >= 0.3 is 5.51 Å². The second-order valence-electron chi connectivity index (χ2n) is 5.84. The molecule has 0 spiro atoms. The van der Waals surface area contributed by atoms with Crippen molar-refractivity contribution in [2.45, 2.75) is 17.3 Å². The van der Waals surface area contributed by atoms with E-state index < -0.39 is 11.4 Å². The lowest BCUT2D eigenvalue weighted by Gasteiger charge is -2.09. The van der Waals surface area contributed by atoms with Crippen LogP contribution in [0.25, 0.3) is 11.4 Å². The van der Waals surface area contributed by atoms with Gasteiger partial charge in [0.25, 0.3) is 11.5 Å². The number of anilines is 1. The van der Waals surface area contributed by atoms with Gasteiger partial charge in [-0.1, -0.05) is 12.1 Å². The predicted octanol–water partition coefficient (Wildman–Crippen LogP) is 4.61. The van der Waals surface area contributed by atoms with Crippen LogP contribution in [0.3, 0.4) is 0 Å². The predicted molar refractivity (Wildman–Crippen MR) is 101 cm³/mol. The molecule has 2 aromatic carbocycles. The Morgan fingerprint density at radius 2 is 1.82 bits per heavy atom. The topological polar surface area (TPSA) is 74.8 Å². The number of carbonyl (C=O) groups is 1. The van der Waals surface area contributed by atoms with Gasteiger partial charge in [-0.2, -0.15) is 13.2 Å². The van der Waals surface area contributed by atoms with Crippen molar-refractivity contribution in [2.75, 3.05) is 5.32 Å². The summed E-state index contributed by atoms with van der Waals surface area (Å²) in [6.45, 7) is 1.70. The molecule has 3 aromatic rings. The lowest BCUT2D eigenvalue weighted by molar-refractivity contribution is -0.0328. The molecule has 0 bridgehead atoms. The minimum atomic E-state index is -4.38. The largest absolute Gasteiger partial charge is 0.446 e. The second-order valence-corrected chi connectivity index (χ2v) is 6.98. The van der Waals surface area contributed by atoms with Gasteiger partial charge in [0.05, 0.1) is 0 Å². The molecule has 0 aliphatic heterocycles. The van der Waals surface area contributed by atoms with Gasteiger partial charge in [0.1, 0.15) is 5.82 Å². The average molecular weight is 405 g/mol. The first kappa shape index (κ1) is 19.7. The van der Waals surface area contributed by atoms with Crippen LogP contribution in [0.2, 0.25) is 0 Å². The van der Waals surface area contributed by atoms with Gasteiger partial charge in [-0.25, -0.2) is 4.98 Å². The first-order valence-corrected chi connectivity index (χ1v) is 8.87. The van der Waals surface area contributed by atoms with Crippen LogP contribution in [-0.2, 0) is 0 Å². The Labute approximate surface area is 162 Å². The summed E-state index contributed by atoms with van der Waals surface area (Å²) in [4.78, 5) is 30.8. The van der Waals surface area contributed by atoms with Crippen molar-refractivity contribution < 1.29 is 18.0 Å². The first-order valence-electron chi connectivity index (χ1n) is 8.05. The molecule has 0 fully saturated rings. The fourth-order valence-corrected chi connectivity index (χ4v) is 3.01. The van der Waals surface area contributed by atoms with E-state index in [0.717, 1.165) is 0 Å². The number of alkyl halides is 3. The van der Waals surface area contributed by atoms with Crippen molar-refractivity contribution in [1.82, 2.24) is 9.97 Å². The third-order valence-electron chi connectivity index (χ3n) is 3.61. The maximum atomic E-state index is 12.4. The maximum Gasteiger partial charge on any atom is 0.446 e. The fourth-order valence-electron chi connectivity index (χ4n) is 2.47. The van der Waals surface area contributed by atoms with Crippen LogP contribution in [-0.4, -0.2) is 21.4 Å². The molecule has 28 heavy (non-hydrogen) atoms. The fraction of sp³-hybridized carbons (Fsp3) is 0.105. The minimum absolute atomic E-state index is 0.000485. The van der Waals surface area contributed by atoms with Gasteiger partial charge in [0.2, 0.25) is 0 Å². The van der Waals surface area contributed by atoms with Gasteiger partial charge in [-0.05, 0) is 55.1 Å². The highest BCUT2D eigenvalue weighted by atomic mass is 32.2. The summed E-state index contributed by atoms with van der Waals surface area (Å²) in [5, 5.41) is 2.68. The molecule has 9 heteroatoms. The van der Waals surface area contributed by atoms with E-state index in [0.29, 0.717) is 22.8 Å². The van der Waals surface area contributed by atoms with E-state index in [9.17, 15) is 22.8 Å². The molecule has 5 nitrogen and oxygen atoms in total. The first-order chi connectivity index (χ1) is 13.2. The van der Waals surface area contributed by atoms with Gasteiger partial charge in [0, 0.05) is 33.5 Å². The molecule has 3 rings (SSSR count). The van der Waals surface area contributed by atoms with Crippen LogP contribution in [0.15, 0.2) is 64.3 Å². The van der Waals surface area contributed by atoms with Crippen LogP contribution in [0.1, 0.15) is 16.1 Å². The Balaban J connectivity index is 1.76. The summed E-state index contributed by atoms with van der Waals surface area (Å²) in [6.07, 6.45) is 0. The minimum Gasteiger partial charge on any atom is -0.322 e. The van der Waals surface area contributed by atoms with Gasteiger partial charge in [-0.3, -0.25) is 9.59 Å². The van der Waals surface area contributed by atoms with E-state index in [-0.39, 0.29) is 27.8 Å². The SMILES string of the molecule is Cc1cc(=O)[nH]c(-c2cccc(NC(=O)c3ccc(SC(F)(F)F)cc3)c2)n1. The Kier molecular flexibility index (Phi) is 5.55. The molecule has 1 aromatic heterocycles. The van der Waals surface area contributed by atoms with Gasteiger partial charge in [-0.15, -0.1) is 0 Å². The molecule has 0 aliphatic rings. The molecule has 0 radical (unpaired) electrons. The molecule has 0 unspecified atom stereocenters. The third kappa shape index (κ3) is 5.23. The number of benzene rings is 2. The lowest BCUT2D eigenvalue weighted by Crippen LogP contribution is -2.12. The monoisotopic (exact) mass is 405 g/mol. The Bertz CT molecular complexity index is 1060. The molecule has 0 saturated carbocycles. The van der Waals surface area contributed by atoms with Crippen LogP contribution >= 0.6 is 11.8 Å². The van der Waals surface area contributed by atoms with E-state index in [4.69, 9.17) is 0 Å². The number of hydrogen-bond donors (Lipinski definition) is 2. The number of H-pyrrole nitrogens is 1. The number of aryl methyl sites for hydroxylation is 1. The molecule has 1 amide bonds. The average Bonchev–Trinajstić information content (AvgIpc) is 2.60. The third-order valence-corrected chi connectivity index (χ3v) is 4.35. The maximum absolute atomic E-state index is 12.4. The number of nitrogens with zero attached hydrogens (tertiary/aromatic N) is 1. The summed E-state index contributed by atoms with van der Waals surface area (Å²) < 4.78 is 37.1. The molecule has 0 aliphatic carbocycles. The van der Waals surface area contributed by atoms with E-state index in [1.165, 1.54) is 30.3 Å². The lowest BCUT2D eigenvalue weighted by atomic mass is 10.1. The Hall–Kier alpha value is -3.07. The van der Waals surface area contributed by atoms with Crippen LogP contribution < -0.4 is 10.9 Å². The summed E-state index contributed by atoms with van der Waals surface area (Å²) in [5.41, 5.74) is -2.82. The zero-order valence-electron chi connectivity index (χ0n) is 14.5. The number of nitrogens with one attached hydrogen (secondary N) is 2. The highest BCUT2D eigenvalue weighted by molar-refractivity contribution is 8.00. The molecule has 2 N–H and O–H groups in total. The van der Waals surface area contributed by atoms with Crippen molar-refractivity contribution in [3.8, 4) is 11.4 Å². The number of aromatic amines is 1. The number of carbonyl (C=O) groups excluding carboxylic acids is 1.